The molecule has 0 amide bonds. The number of aromatic nitrogens is 1. The fourth-order valence-corrected chi connectivity index (χ4v) is 1.33. The van der Waals surface area contributed by atoms with Crippen molar-refractivity contribution in [3.8, 4) is 12.3 Å². The molecule has 0 radical (unpaired) electrons. The Balaban J connectivity index is 2.28. The van der Waals surface area contributed by atoms with E-state index in [0.29, 0.717) is 6.42 Å². The summed E-state index contributed by atoms with van der Waals surface area (Å²) < 4.78 is 0. The van der Waals surface area contributed by atoms with Crippen molar-refractivity contribution in [2.75, 3.05) is 0 Å². The van der Waals surface area contributed by atoms with Gasteiger partial charge < -0.3 is 5.11 Å². The van der Waals surface area contributed by atoms with Crippen molar-refractivity contribution in [1.29, 1.82) is 0 Å². The lowest BCUT2D eigenvalue weighted by Gasteiger charge is -2.08. The molecule has 1 aromatic heterocycles. The number of hydrogen-bond acceptors (Lipinski definition) is 2. The molecule has 1 N–H and O–H groups in total. The summed E-state index contributed by atoms with van der Waals surface area (Å²) >= 11 is 0. The van der Waals surface area contributed by atoms with E-state index in [-0.39, 0.29) is 6.10 Å². The highest BCUT2D eigenvalue weighted by Crippen LogP contribution is 2.07. The molecule has 0 saturated carbocycles. The number of aliphatic hydroxyl groups excluding tert-OH is 1. The normalized spacial score (nSPS) is 12.0. The molecule has 74 valence electrons. The number of aliphatic hydroxyl groups is 1. The summed E-state index contributed by atoms with van der Waals surface area (Å²) in [5.41, 5.74) is 1.12. The second-order valence-corrected chi connectivity index (χ2v) is 3.31. The Morgan fingerprint density at radius 1 is 1.43 bits per heavy atom. The fourth-order valence-electron chi connectivity index (χ4n) is 1.33. The first-order valence-corrected chi connectivity index (χ1v) is 4.83. The minimum Gasteiger partial charge on any atom is -0.393 e. The van der Waals surface area contributed by atoms with E-state index < -0.39 is 0 Å². The predicted molar refractivity (Wildman–Crippen MR) is 56.6 cm³/mol. The first kappa shape index (κ1) is 10.7. The summed E-state index contributed by atoms with van der Waals surface area (Å²) in [5, 5.41) is 9.64. The summed E-state index contributed by atoms with van der Waals surface area (Å²) in [6.45, 7) is 0. The van der Waals surface area contributed by atoms with Crippen molar-refractivity contribution in [3.63, 3.8) is 0 Å². The van der Waals surface area contributed by atoms with Gasteiger partial charge in [-0.3, -0.25) is 4.98 Å². The van der Waals surface area contributed by atoms with Gasteiger partial charge in [0.25, 0.3) is 0 Å². The van der Waals surface area contributed by atoms with E-state index in [1.807, 2.05) is 12.1 Å². The highest BCUT2D eigenvalue weighted by Gasteiger charge is 2.04. The maximum absolute atomic E-state index is 9.64. The van der Waals surface area contributed by atoms with Crippen molar-refractivity contribution in [2.45, 2.75) is 31.8 Å². The van der Waals surface area contributed by atoms with Crippen LogP contribution in [0.25, 0.3) is 0 Å². The standard InChI is InChI=1S/C12H15NO/c1-2-3-4-5-12(14)10-11-6-8-13-9-7-11/h1,6-9,12,14H,3-5,10H2. The van der Waals surface area contributed by atoms with E-state index in [4.69, 9.17) is 6.42 Å². The summed E-state index contributed by atoms with van der Waals surface area (Å²) in [5.74, 6) is 2.57. The van der Waals surface area contributed by atoms with Crippen LogP contribution in [0.5, 0.6) is 0 Å². The van der Waals surface area contributed by atoms with Crippen LogP contribution in [0, 0.1) is 12.3 Å². The molecule has 0 aliphatic heterocycles. The van der Waals surface area contributed by atoms with Crippen LogP contribution < -0.4 is 0 Å². The number of hydrogen-bond donors (Lipinski definition) is 1. The zero-order chi connectivity index (χ0) is 10.2. The molecular formula is C12H15NO. The minimum absolute atomic E-state index is 0.286. The molecule has 0 fully saturated rings. The van der Waals surface area contributed by atoms with Gasteiger partial charge in [0, 0.05) is 18.8 Å². The summed E-state index contributed by atoms with van der Waals surface area (Å²) in [4.78, 5) is 3.92. The van der Waals surface area contributed by atoms with Gasteiger partial charge >= 0.3 is 0 Å². The van der Waals surface area contributed by atoms with Crippen LogP contribution in [0.4, 0.5) is 0 Å². The van der Waals surface area contributed by atoms with Crippen LogP contribution in [0.2, 0.25) is 0 Å². The lowest BCUT2D eigenvalue weighted by molar-refractivity contribution is 0.162. The third-order valence-electron chi connectivity index (χ3n) is 2.08. The second-order valence-electron chi connectivity index (χ2n) is 3.31. The Morgan fingerprint density at radius 2 is 2.14 bits per heavy atom. The number of rotatable bonds is 5. The lowest BCUT2D eigenvalue weighted by Crippen LogP contribution is -2.09. The topological polar surface area (TPSA) is 33.1 Å². The molecule has 2 nitrogen and oxygen atoms in total. The summed E-state index contributed by atoms with van der Waals surface area (Å²) in [7, 11) is 0. The van der Waals surface area contributed by atoms with Gasteiger partial charge in [0.05, 0.1) is 6.10 Å². The molecule has 0 bridgehead atoms. The zero-order valence-corrected chi connectivity index (χ0v) is 8.19. The van der Waals surface area contributed by atoms with Crippen LogP contribution in [-0.2, 0) is 6.42 Å². The number of nitrogens with zero attached hydrogens (tertiary/aromatic N) is 1. The molecule has 1 unspecified atom stereocenters. The highest BCUT2D eigenvalue weighted by molar-refractivity contribution is 5.10. The van der Waals surface area contributed by atoms with E-state index in [9.17, 15) is 5.11 Å². The molecule has 0 aliphatic rings. The molecule has 1 rings (SSSR count). The molecule has 0 aliphatic carbocycles. The van der Waals surface area contributed by atoms with E-state index >= 15 is 0 Å². The molecule has 0 aromatic carbocycles. The van der Waals surface area contributed by atoms with Crippen LogP contribution in [-0.4, -0.2) is 16.2 Å². The third-order valence-corrected chi connectivity index (χ3v) is 2.08. The molecule has 0 spiro atoms. The fraction of sp³-hybridized carbons (Fsp3) is 0.417. The molecule has 14 heavy (non-hydrogen) atoms. The Hall–Kier alpha value is -1.33. The van der Waals surface area contributed by atoms with E-state index in [1.54, 1.807) is 12.4 Å². The summed E-state index contributed by atoms with van der Waals surface area (Å²) in [6, 6.07) is 3.84. The van der Waals surface area contributed by atoms with Gasteiger partial charge in [0.2, 0.25) is 0 Å². The Morgan fingerprint density at radius 3 is 2.79 bits per heavy atom. The van der Waals surface area contributed by atoms with Crippen molar-refractivity contribution in [1.82, 2.24) is 4.98 Å². The first-order valence-electron chi connectivity index (χ1n) is 4.83. The number of terminal acetylenes is 1. The Labute approximate surface area is 85.0 Å². The van der Waals surface area contributed by atoms with Crippen LogP contribution in [0.15, 0.2) is 24.5 Å². The predicted octanol–water partition coefficient (Wildman–Crippen LogP) is 1.79. The maximum atomic E-state index is 9.64. The van der Waals surface area contributed by atoms with Gasteiger partial charge in [-0.1, -0.05) is 0 Å². The molecule has 0 saturated heterocycles. The smallest absolute Gasteiger partial charge is 0.0580 e. The minimum atomic E-state index is -0.286. The van der Waals surface area contributed by atoms with Gasteiger partial charge in [0.15, 0.2) is 0 Å². The Kier molecular flexibility index (Phi) is 4.74. The average molecular weight is 189 g/mol. The second kappa shape index (κ2) is 6.17. The number of unbranched alkanes of at least 4 members (excludes halogenated alkanes) is 1. The van der Waals surface area contributed by atoms with Gasteiger partial charge in [-0.25, -0.2) is 0 Å². The molecule has 1 aromatic rings. The van der Waals surface area contributed by atoms with Crippen LogP contribution in [0.3, 0.4) is 0 Å². The van der Waals surface area contributed by atoms with Gasteiger partial charge in [-0.05, 0) is 37.0 Å². The van der Waals surface area contributed by atoms with Crippen molar-refractivity contribution >= 4 is 0 Å². The summed E-state index contributed by atoms with van der Waals surface area (Å²) in [6.07, 6.45) is 11.4. The van der Waals surface area contributed by atoms with Gasteiger partial charge in [-0.15, -0.1) is 12.3 Å². The van der Waals surface area contributed by atoms with Crippen molar-refractivity contribution in [3.05, 3.63) is 30.1 Å². The SMILES string of the molecule is C#CCCCC(O)Cc1ccncc1. The monoisotopic (exact) mass is 189 g/mol. The third kappa shape index (κ3) is 4.06. The van der Waals surface area contributed by atoms with E-state index in [2.05, 4.69) is 10.9 Å². The lowest BCUT2D eigenvalue weighted by atomic mass is 10.0. The van der Waals surface area contributed by atoms with Crippen LogP contribution >= 0.6 is 0 Å². The number of pyridine rings is 1. The largest absolute Gasteiger partial charge is 0.393 e. The van der Waals surface area contributed by atoms with Crippen LogP contribution in [0.1, 0.15) is 24.8 Å². The maximum Gasteiger partial charge on any atom is 0.0580 e. The van der Waals surface area contributed by atoms with Gasteiger partial charge in [0.1, 0.15) is 0 Å². The van der Waals surface area contributed by atoms with Crippen molar-refractivity contribution < 1.29 is 5.11 Å². The van der Waals surface area contributed by atoms with E-state index in [0.717, 1.165) is 24.8 Å². The van der Waals surface area contributed by atoms with E-state index in [1.165, 1.54) is 0 Å². The molecule has 1 atom stereocenters. The first-order chi connectivity index (χ1) is 6.83. The van der Waals surface area contributed by atoms with Crippen molar-refractivity contribution in [2.24, 2.45) is 0 Å². The quantitative estimate of drug-likeness (QED) is 0.566. The average Bonchev–Trinajstić information content (AvgIpc) is 2.20. The Bertz CT molecular complexity index is 289. The zero-order valence-electron chi connectivity index (χ0n) is 8.19. The van der Waals surface area contributed by atoms with Gasteiger partial charge in [-0.2, -0.15) is 0 Å². The highest BCUT2D eigenvalue weighted by atomic mass is 16.3. The molecule has 1 heterocycles. The molecular weight excluding hydrogens is 174 g/mol. The molecule has 2 heteroatoms.